The first-order valence-electron chi connectivity index (χ1n) is 7.23. The van der Waals surface area contributed by atoms with Gasteiger partial charge in [-0.3, -0.25) is 0 Å². The van der Waals surface area contributed by atoms with Gasteiger partial charge in [-0.05, 0) is 51.4 Å². The average molecular weight is 289 g/mol. The summed E-state index contributed by atoms with van der Waals surface area (Å²) in [6, 6.07) is 4.43. The molecule has 1 aromatic heterocycles. The van der Waals surface area contributed by atoms with Gasteiger partial charge < -0.3 is 5.32 Å². The van der Waals surface area contributed by atoms with Gasteiger partial charge in [-0.25, -0.2) is 0 Å². The van der Waals surface area contributed by atoms with Gasteiger partial charge in [-0.1, -0.05) is 36.0 Å². The van der Waals surface area contributed by atoms with E-state index in [4.69, 9.17) is 0 Å². The lowest BCUT2D eigenvalue weighted by atomic mass is 10.0. The molecule has 0 amide bonds. The Morgan fingerprint density at radius 1 is 1.10 bits per heavy atom. The van der Waals surface area contributed by atoms with Crippen molar-refractivity contribution in [1.29, 1.82) is 0 Å². The maximum Gasteiger partial charge on any atom is 0.148 e. The highest BCUT2D eigenvalue weighted by atomic mass is 32.1. The molecule has 20 heavy (non-hydrogen) atoms. The first-order chi connectivity index (χ1) is 9.61. The molecule has 0 radical (unpaired) electrons. The van der Waals surface area contributed by atoms with E-state index in [2.05, 4.69) is 55.3 Å². The zero-order valence-electron chi connectivity index (χ0n) is 12.8. The quantitative estimate of drug-likeness (QED) is 0.824. The third-order valence-electron chi connectivity index (χ3n) is 3.35. The van der Waals surface area contributed by atoms with E-state index in [0.717, 1.165) is 35.9 Å². The molecule has 0 unspecified atom stereocenters. The lowest BCUT2D eigenvalue weighted by molar-refractivity contribution is 0.669. The number of benzene rings is 1. The molecule has 4 heteroatoms. The fraction of sp³-hybridized carbons (Fsp3) is 0.500. The molecule has 0 atom stereocenters. The highest BCUT2D eigenvalue weighted by Crippen LogP contribution is 2.30. The molecule has 0 aliphatic heterocycles. The summed E-state index contributed by atoms with van der Waals surface area (Å²) in [5, 5.41) is 14.2. The van der Waals surface area contributed by atoms with Crippen LogP contribution >= 0.6 is 11.3 Å². The predicted molar refractivity (Wildman–Crippen MR) is 86.4 cm³/mol. The van der Waals surface area contributed by atoms with Crippen molar-refractivity contribution in [3.63, 3.8) is 0 Å². The van der Waals surface area contributed by atoms with E-state index in [1.165, 1.54) is 22.3 Å². The van der Waals surface area contributed by atoms with E-state index in [1.807, 2.05) is 0 Å². The standard InChI is InChI=1S/C16H23N3S/c1-5-17-8-6-7-14-18-19-16(20-14)15-12(3)9-11(2)10-13(15)4/h9-10,17H,5-8H2,1-4H3. The van der Waals surface area contributed by atoms with Crippen LogP contribution in [0.5, 0.6) is 0 Å². The third-order valence-corrected chi connectivity index (χ3v) is 4.35. The Hall–Kier alpha value is -1.26. The van der Waals surface area contributed by atoms with Crippen LogP contribution in [0, 0.1) is 20.8 Å². The second-order valence-electron chi connectivity index (χ2n) is 5.23. The molecule has 0 spiro atoms. The van der Waals surface area contributed by atoms with Crippen molar-refractivity contribution in [2.75, 3.05) is 13.1 Å². The van der Waals surface area contributed by atoms with Crippen molar-refractivity contribution in [2.45, 2.75) is 40.5 Å². The normalized spacial score (nSPS) is 11.0. The number of nitrogens with zero attached hydrogens (tertiary/aromatic N) is 2. The molecule has 0 bridgehead atoms. The molecular weight excluding hydrogens is 266 g/mol. The first-order valence-corrected chi connectivity index (χ1v) is 8.04. The summed E-state index contributed by atoms with van der Waals surface area (Å²) in [4.78, 5) is 0. The van der Waals surface area contributed by atoms with Gasteiger partial charge in [0.1, 0.15) is 10.0 Å². The minimum atomic E-state index is 1.01. The summed E-state index contributed by atoms with van der Waals surface area (Å²) in [6.45, 7) is 10.7. The van der Waals surface area contributed by atoms with Crippen LogP contribution in [-0.4, -0.2) is 23.3 Å². The van der Waals surface area contributed by atoms with E-state index in [-0.39, 0.29) is 0 Å². The summed E-state index contributed by atoms with van der Waals surface area (Å²) in [5.74, 6) is 0. The molecule has 3 nitrogen and oxygen atoms in total. The van der Waals surface area contributed by atoms with Crippen molar-refractivity contribution in [1.82, 2.24) is 15.5 Å². The lowest BCUT2D eigenvalue weighted by Gasteiger charge is -2.07. The molecule has 0 aliphatic rings. The van der Waals surface area contributed by atoms with Crippen molar-refractivity contribution >= 4 is 11.3 Å². The summed E-state index contributed by atoms with van der Waals surface area (Å²) < 4.78 is 0. The van der Waals surface area contributed by atoms with E-state index < -0.39 is 0 Å². The minimum absolute atomic E-state index is 1.01. The van der Waals surface area contributed by atoms with Crippen LogP contribution in [0.15, 0.2) is 12.1 Å². The second kappa shape index (κ2) is 6.95. The maximum absolute atomic E-state index is 4.38. The number of aromatic nitrogens is 2. The average Bonchev–Trinajstić information content (AvgIpc) is 2.82. The van der Waals surface area contributed by atoms with Gasteiger partial charge in [-0.2, -0.15) is 0 Å². The van der Waals surface area contributed by atoms with E-state index in [9.17, 15) is 0 Å². The molecule has 2 aromatic rings. The van der Waals surface area contributed by atoms with Gasteiger partial charge in [-0.15, -0.1) is 10.2 Å². The van der Waals surface area contributed by atoms with Crippen LogP contribution in [0.25, 0.3) is 10.6 Å². The van der Waals surface area contributed by atoms with Crippen LogP contribution in [0.3, 0.4) is 0 Å². The molecule has 108 valence electrons. The van der Waals surface area contributed by atoms with E-state index >= 15 is 0 Å². The number of hydrogen-bond acceptors (Lipinski definition) is 4. The van der Waals surface area contributed by atoms with Gasteiger partial charge in [0.2, 0.25) is 0 Å². The lowest BCUT2D eigenvalue weighted by Crippen LogP contribution is -2.14. The maximum atomic E-state index is 4.38. The van der Waals surface area contributed by atoms with Crippen LogP contribution in [-0.2, 0) is 6.42 Å². The Bertz CT molecular complexity index is 552. The Morgan fingerprint density at radius 2 is 1.80 bits per heavy atom. The van der Waals surface area contributed by atoms with Crippen LogP contribution in [0.1, 0.15) is 35.0 Å². The Kier molecular flexibility index (Phi) is 5.26. The topological polar surface area (TPSA) is 37.8 Å². The number of nitrogens with one attached hydrogen (secondary N) is 1. The van der Waals surface area contributed by atoms with E-state index in [0.29, 0.717) is 0 Å². The summed E-state index contributed by atoms with van der Waals surface area (Å²) >= 11 is 1.73. The molecular formula is C16H23N3S. The predicted octanol–water partition coefficient (Wildman–Crippen LogP) is 3.67. The highest BCUT2D eigenvalue weighted by molar-refractivity contribution is 7.14. The van der Waals surface area contributed by atoms with Crippen molar-refractivity contribution in [2.24, 2.45) is 0 Å². The molecule has 2 rings (SSSR count). The van der Waals surface area contributed by atoms with Crippen molar-refractivity contribution < 1.29 is 0 Å². The van der Waals surface area contributed by atoms with Gasteiger partial charge in [0, 0.05) is 12.0 Å². The highest BCUT2D eigenvalue weighted by Gasteiger charge is 2.12. The van der Waals surface area contributed by atoms with Crippen molar-refractivity contribution in [3.05, 3.63) is 33.8 Å². The summed E-state index contributed by atoms with van der Waals surface area (Å²) in [6.07, 6.45) is 2.13. The number of aryl methyl sites for hydroxylation is 4. The second-order valence-corrected chi connectivity index (χ2v) is 6.29. The Labute approximate surface area is 125 Å². The van der Waals surface area contributed by atoms with Gasteiger partial charge in [0.25, 0.3) is 0 Å². The fourth-order valence-corrected chi connectivity index (χ4v) is 3.57. The van der Waals surface area contributed by atoms with Crippen LogP contribution in [0.2, 0.25) is 0 Å². The monoisotopic (exact) mass is 289 g/mol. The van der Waals surface area contributed by atoms with Gasteiger partial charge in [0.05, 0.1) is 0 Å². The smallest absolute Gasteiger partial charge is 0.148 e. The van der Waals surface area contributed by atoms with Crippen LogP contribution < -0.4 is 5.32 Å². The van der Waals surface area contributed by atoms with Gasteiger partial charge in [0.15, 0.2) is 0 Å². The molecule has 0 saturated carbocycles. The van der Waals surface area contributed by atoms with E-state index in [1.54, 1.807) is 11.3 Å². The minimum Gasteiger partial charge on any atom is -0.317 e. The molecule has 0 aliphatic carbocycles. The summed E-state index contributed by atoms with van der Waals surface area (Å²) in [5.41, 5.74) is 5.14. The SMILES string of the molecule is CCNCCCc1nnc(-c2c(C)cc(C)cc2C)s1. The van der Waals surface area contributed by atoms with Crippen molar-refractivity contribution in [3.8, 4) is 10.6 Å². The first kappa shape index (κ1) is 15.1. The third kappa shape index (κ3) is 3.64. The molecule has 1 N–H and O–H groups in total. The molecule has 0 fully saturated rings. The Balaban J connectivity index is 2.13. The molecule has 1 aromatic carbocycles. The number of rotatable bonds is 6. The summed E-state index contributed by atoms with van der Waals surface area (Å²) in [7, 11) is 0. The van der Waals surface area contributed by atoms with Crippen LogP contribution in [0.4, 0.5) is 0 Å². The number of hydrogen-bond donors (Lipinski definition) is 1. The molecule has 0 saturated heterocycles. The Morgan fingerprint density at radius 3 is 2.45 bits per heavy atom. The zero-order valence-corrected chi connectivity index (χ0v) is 13.6. The zero-order chi connectivity index (χ0) is 14.5. The largest absolute Gasteiger partial charge is 0.317 e. The van der Waals surface area contributed by atoms with Gasteiger partial charge >= 0.3 is 0 Å². The fourth-order valence-electron chi connectivity index (χ4n) is 2.51. The molecule has 1 heterocycles.